The van der Waals surface area contributed by atoms with E-state index < -0.39 is 0 Å². The van der Waals surface area contributed by atoms with Crippen LogP contribution in [0.3, 0.4) is 0 Å². The number of aryl methyl sites for hydroxylation is 1. The number of aromatic nitrogens is 2. The van der Waals surface area contributed by atoms with Crippen LogP contribution in [-0.2, 0) is 6.54 Å². The van der Waals surface area contributed by atoms with E-state index in [1.54, 1.807) is 25.3 Å². The molecular formula is C24H28N4O3. The molecule has 3 aromatic rings. The van der Waals surface area contributed by atoms with E-state index in [1.165, 1.54) is 4.68 Å². The average molecular weight is 421 g/mol. The minimum absolute atomic E-state index is 0.0462. The Morgan fingerprint density at radius 1 is 1.13 bits per heavy atom. The molecule has 0 unspecified atom stereocenters. The van der Waals surface area contributed by atoms with Gasteiger partial charge in [0, 0.05) is 18.5 Å². The van der Waals surface area contributed by atoms with Crippen LogP contribution in [0.2, 0.25) is 0 Å². The summed E-state index contributed by atoms with van der Waals surface area (Å²) in [6, 6.07) is 15.2. The summed E-state index contributed by atoms with van der Waals surface area (Å²) in [6.45, 7) is 4.70. The average Bonchev–Trinajstić information content (AvgIpc) is 3.34. The molecule has 0 bridgehead atoms. The highest BCUT2D eigenvalue weighted by molar-refractivity contribution is 6.04. The highest BCUT2D eigenvalue weighted by atomic mass is 16.5. The molecule has 7 nitrogen and oxygen atoms in total. The summed E-state index contributed by atoms with van der Waals surface area (Å²) in [5.74, 6) is 0.529. The lowest BCUT2D eigenvalue weighted by Crippen LogP contribution is -2.38. The van der Waals surface area contributed by atoms with Crippen LogP contribution in [0.5, 0.6) is 5.75 Å². The molecule has 0 aliphatic carbocycles. The molecule has 1 fully saturated rings. The second kappa shape index (κ2) is 9.31. The summed E-state index contributed by atoms with van der Waals surface area (Å²) in [5.41, 5.74) is 1.21. The Kier molecular flexibility index (Phi) is 6.32. The van der Waals surface area contributed by atoms with Crippen molar-refractivity contribution in [1.29, 1.82) is 0 Å². The number of methoxy groups -OCH3 is 1. The number of likely N-dealkylation sites (tertiary alicyclic amines) is 1. The maximum atomic E-state index is 13.2. The Bertz CT molecular complexity index is 1140. The van der Waals surface area contributed by atoms with Crippen molar-refractivity contribution >= 4 is 16.7 Å². The standard InChI is InChI=1S/C24H28N4O3/c1-3-28-24(30)20-12-5-4-11-19(20)22(26-28)23(29)25-16-21(27-13-6-7-14-27)17-9-8-10-18(15-17)31-2/h4-5,8-12,15,21H,3,6-7,13-14,16H2,1-2H3,(H,25,29)/t21-/m1/s1. The minimum Gasteiger partial charge on any atom is -0.497 e. The summed E-state index contributed by atoms with van der Waals surface area (Å²) in [5, 5.41) is 8.51. The second-order valence-electron chi connectivity index (χ2n) is 7.76. The molecule has 0 spiro atoms. The maximum absolute atomic E-state index is 13.2. The van der Waals surface area contributed by atoms with Crippen molar-refractivity contribution in [2.75, 3.05) is 26.7 Å². The fraction of sp³-hybridized carbons (Fsp3) is 0.375. The third-order valence-electron chi connectivity index (χ3n) is 5.90. The summed E-state index contributed by atoms with van der Waals surface area (Å²) >= 11 is 0. The van der Waals surface area contributed by atoms with Crippen molar-refractivity contribution in [1.82, 2.24) is 20.0 Å². The van der Waals surface area contributed by atoms with Crippen LogP contribution in [0, 0.1) is 0 Å². The molecule has 1 amide bonds. The van der Waals surface area contributed by atoms with Gasteiger partial charge < -0.3 is 10.1 Å². The highest BCUT2D eigenvalue weighted by Gasteiger charge is 2.25. The molecule has 0 radical (unpaired) electrons. The molecule has 1 saturated heterocycles. The van der Waals surface area contributed by atoms with E-state index in [1.807, 2.05) is 31.2 Å². The first kappa shape index (κ1) is 21.1. The zero-order valence-corrected chi connectivity index (χ0v) is 18.0. The SMILES string of the molecule is CCn1nc(C(=O)NC[C@H](c2cccc(OC)c2)N2CCCC2)c2ccccc2c1=O. The topological polar surface area (TPSA) is 76.5 Å². The smallest absolute Gasteiger partial charge is 0.274 e. The molecular weight excluding hydrogens is 392 g/mol. The monoisotopic (exact) mass is 420 g/mol. The number of hydrogen-bond donors (Lipinski definition) is 1. The van der Waals surface area contributed by atoms with E-state index in [2.05, 4.69) is 21.4 Å². The number of carbonyl (C=O) groups is 1. The van der Waals surface area contributed by atoms with Gasteiger partial charge in [0.25, 0.3) is 11.5 Å². The van der Waals surface area contributed by atoms with Crippen LogP contribution in [0.4, 0.5) is 0 Å². The van der Waals surface area contributed by atoms with Crippen LogP contribution in [-0.4, -0.2) is 47.3 Å². The Morgan fingerprint density at radius 2 is 1.87 bits per heavy atom. The summed E-state index contributed by atoms with van der Waals surface area (Å²) < 4.78 is 6.74. The predicted octanol–water partition coefficient (Wildman–Crippen LogP) is 2.99. The number of hydrogen-bond acceptors (Lipinski definition) is 5. The number of nitrogens with zero attached hydrogens (tertiary/aromatic N) is 3. The van der Waals surface area contributed by atoms with E-state index in [9.17, 15) is 9.59 Å². The van der Waals surface area contributed by atoms with Crippen molar-refractivity contribution < 1.29 is 9.53 Å². The van der Waals surface area contributed by atoms with Gasteiger partial charge >= 0.3 is 0 Å². The van der Waals surface area contributed by atoms with Gasteiger partial charge in [-0.05, 0) is 56.6 Å². The first-order valence-corrected chi connectivity index (χ1v) is 10.8. The number of carbonyl (C=O) groups excluding carboxylic acids is 1. The predicted molar refractivity (Wildman–Crippen MR) is 121 cm³/mol. The van der Waals surface area contributed by atoms with Crippen molar-refractivity contribution in [3.05, 3.63) is 70.1 Å². The van der Waals surface area contributed by atoms with E-state index in [4.69, 9.17) is 4.74 Å². The van der Waals surface area contributed by atoms with Crippen molar-refractivity contribution in [2.45, 2.75) is 32.4 Å². The molecule has 4 rings (SSSR count). The highest BCUT2D eigenvalue weighted by Crippen LogP contribution is 2.27. The zero-order chi connectivity index (χ0) is 21.8. The van der Waals surface area contributed by atoms with Crippen LogP contribution in [0.1, 0.15) is 41.9 Å². The molecule has 1 N–H and O–H groups in total. The minimum atomic E-state index is -0.273. The molecule has 2 heterocycles. The third kappa shape index (κ3) is 4.32. The molecule has 162 valence electrons. The number of nitrogens with one attached hydrogen (secondary N) is 1. The number of amides is 1. The van der Waals surface area contributed by atoms with Gasteiger partial charge in [-0.3, -0.25) is 14.5 Å². The molecule has 2 aromatic carbocycles. The number of fused-ring (bicyclic) bond motifs is 1. The van der Waals surface area contributed by atoms with E-state index in [-0.39, 0.29) is 23.2 Å². The fourth-order valence-corrected chi connectivity index (χ4v) is 4.25. The fourth-order valence-electron chi connectivity index (χ4n) is 4.25. The Hall–Kier alpha value is -3.19. The van der Waals surface area contributed by atoms with Crippen molar-refractivity contribution in [2.24, 2.45) is 0 Å². The lowest BCUT2D eigenvalue weighted by atomic mass is 10.0. The van der Waals surface area contributed by atoms with Crippen LogP contribution < -0.4 is 15.6 Å². The number of rotatable bonds is 7. The first-order valence-electron chi connectivity index (χ1n) is 10.8. The normalized spacial score (nSPS) is 15.2. The number of benzene rings is 2. The van der Waals surface area contributed by atoms with Gasteiger partial charge in [0.2, 0.25) is 0 Å². The van der Waals surface area contributed by atoms with E-state index in [0.717, 1.165) is 37.2 Å². The molecule has 1 aromatic heterocycles. The van der Waals surface area contributed by atoms with Crippen molar-refractivity contribution in [3.63, 3.8) is 0 Å². The zero-order valence-electron chi connectivity index (χ0n) is 18.0. The molecule has 0 saturated carbocycles. The quantitative estimate of drug-likeness (QED) is 0.636. The molecule has 1 aliphatic rings. The van der Waals surface area contributed by atoms with Crippen molar-refractivity contribution in [3.8, 4) is 5.75 Å². The molecule has 1 aliphatic heterocycles. The van der Waals surface area contributed by atoms with Gasteiger partial charge in [0.15, 0.2) is 5.69 Å². The summed E-state index contributed by atoms with van der Waals surface area (Å²) in [4.78, 5) is 28.1. The Morgan fingerprint density at radius 3 is 2.58 bits per heavy atom. The largest absolute Gasteiger partial charge is 0.497 e. The van der Waals surface area contributed by atoms with Crippen LogP contribution in [0.15, 0.2) is 53.3 Å². The van der Waals surface area contributed by atoms with Gasteiger partial charge in [-0.15, -0.1) is 0 Å². The van der Waals surface area contributed by atoms with Gasteiger partial charge in [-0.25, -0.2) is 4.68 Å². The Balaban J connectivity index is 1.62. The molecule has 31 heavy (non-hydrogen) atoms. The van der Waals surface area contributed by atoms with E-state index in [0.29, 0.717) is 23.9 Å². The summed E-state index contributed by atoms with van der Waals surface area (Å²) in [7, 11) is 1.66. The lowest BCUT2D eigenvalue weighted by Gasteiger charge is -2.28. The van der Waals surface area contributed by atoms with Gasteiger partial charge in [-0.2, -0.15) is 5.10 Å². The summed E-state index contributed by atoms with van der Waals surface area (Å²) in [6.07, 6.45) is 2.31. The van der Waals surface area contributed by atoms with Gasteiger partial charge in [0.05, 0.1) is 18.5 Å². The van der Waals surface area contributed by atoms with Gasteiger partial charge in [-0.1, -0.05) is 30.3 Å². The Labute approximate surface area is 181 Å². The maximum Gasteiger partial charge on any atom is 0.274 e. The molecule has 7 heteroatoms. The van der Waals surface area contributed by atoms with Crippen LogP contribution in [0.25, 0.3) is 10.8 Å². The lowest BCUT2D eigenvalue weighted by molar-refractivity contribution is 0.0932. The van der Waals surface area contributed by atoms with E-state index >= 15 is 0 Å². The van der Waals surface area contributed by atoms with Gasteiger partial charge in [0.1, 0.15) is 5.75 Å². The second-order valence-corrected chi connectivity index (χ2v) is 7.76. The third-order valence-corrected chi connectivity index (χ3v) is 5.90. The number of ether oxygens (including phenoxy) is 1. The van der Waals surface area contributed by atoms with Crippen LogP contribution >= 0.6 is 0 Å². The molecule has 1 atom stereocenters. The first-order chi connectivity index (χ1) is 15.1.